The van der Waals surface area contributed by atoms with Gasteiger partial charge in [-0.2, -0.15) is 0 Å². The van der Waals surface area contributed by atoms with Crippen LogP contribution in [0.4, 0.5) is 0 Å². The predicted octanol–water partition coefficient (Wildman–Crippen LogP) is 4.66. The Bertz CT molecular complexity index is 1310. The summed E-state index contributed by atoms with van der Waals surface area (Å²) in [6, 6.07) is 0. The largest absolute Gasteiger partial charge is 0.462 e. The van der Waals surface area contributed by atoms with Crippen molar-refractivity contribution in [2.45, 2.75) is 109 Å². The molecule has 1 unspecified atom stereocenters. The summed E-state index contributed by atoms with van der Waals surface area (Å²) in [5, 5.41) is 11.1. The maximum absolute atomic E-state index is 13.3. The minimum absolute atomic E-state index is 0.00219. The molecule has 0 aliphatic carbocycles. The maximum Gasteiger partial charge on any atom is 0.338 e. The molecule has 0 amide bonds. The molecule has 240 valence electrons. The first-order chi connectivity index (χ1) is 21.0. The number of cyclic esters (lactones) is 1. The second-order valence-corrected chi connectivity index (χ2v) is 12.7. The molecule has 10 heteroatoms. The number of ether oxygens (including phenoxy) is 5. The van der Waals surface area contributed by atoms with E-state index in [-0.39, 0.29) is 54.6 Å². The Morgan fingerprint density at radius 2 is 1.89 bits per heavy atom. The Labute approximate surface area is 259 Å². The summed E-state index contributed by atoms with van der Waals surface area (Å²) in [6.45, 7) is 9.73. The van der Waals surface area contributed by atoms with Gasteiger partial charge in [-0.05, 0) is 49.8 Å². The number of aliphatic hydroxyl groups excluding tert-OH is 1. The van der Waals surface area contributed by atoms with Crippen molar-refractivity contribution in [3.8, 4) is 0 Å². The number of oxazole rings is 1. The highest BCUT2D eigenvalue weighted by Gasteiger charge is 2.51. The zero-order valence-corrected chi connectivity index (χ0v) is 26.4. The van der Waals surface area contributed by atoms with Crippen molar-refractivity contribution in [2.24, 2.45) is 17.8 Å². The third-order valence-electron chi connectivity index (χ3n) is 9.05. The van der Waals surface area contributed by atoms with Gasteiger partial charge < -0.3 is 33.2 Å². The van der Waals surface area contributed by atoms with Crippen LogP contribution in [0.2, 0.25) is 0 Å². The molecule has 3 saturated heterocycles. The number of rotatable bonds is 7. The van der Waals surface area contributed by atoms with Crippen LogP contribution in [0.1, 0.15) is 65.0 Å². The molecule has 3 fully saturated rings. The minimum atomic E-state index is -0.851. The lowest BCUT2D eigenvalue weighted by Gasteiger charge is -2.32. The monoisotopic (exact) mass is 611 g/mol. The van der Waals surface area contributed by atoms with Gasteiger partial charge in [0.2, 0.25) is 0 Å². The Morgan fingerprint density at radius 3 is 2.61 bits per heavy atom. The number of epoxide rings is 2. The number of methoxy groups -OCH3 is 1. The number of carbonyl (C=O) groups is 2. The van der Waals surface area contributed by atoms with Gasteiger partial charge in [-0.25, -0.2) is 9.78 Å². The van der Waals surface area contributed by atoms with E-state index in [1.165, 1.54) is 0 Å². The van der Waals surface area contributed by atoms with E-state index in [9.17, 15) is 14.7 Å². The molecule has 0 saturated carbocycles. The van der Waals surface area contributed by atoms with Crippen LogP contribution in [0.15, 0.2) is 52.2 Å². The number of allylic oxidation sites excluding steroid dienone is 4. The van der Waals surface area contributed by atoms with Crippen LogP contribution in [0.5, 0.6) is 0 Å². The molecule has 0 radical (unpaired) electrons. The highest BCUT2D eigenvalue weighted by atomic mass is 16.6. The van der Waals surface area contributed by atoms with Gasteiger partial charge in [0, 0.05) is 38.7 Å². The number of aromatic nitrogens is 1. The lowest BCUT2D eigenvalue weighted by molar-refractivity contribution is -0.159. The Kier molecular flexibility index (Phi) is 10.2. The van der Waals surface area contributed by atoms with Crippen molar-refractivity contribution in [3.63, 3.8) is 0 Å². The summed E-state index contributed by atoms with van der Waals surface area (Å²) in [4.78, 5) is 29.9. The number of aryl methyl sites for hydroxylation is 1. The van der Waals surface area contributed by atoms with Crippen LogP contribution in [0.3, 0.4) is 0 Å². The summed E-state index contributed by atoms with van der Waals surface area (Å²) in [7, 11) is 1.63. The van der Waals surface area contributed by atoms with E-state index >= 15 is 0 Å². The van der Waals surface area contributed by atoms with Crippen molar-refractivity contribution in [2.75, 3.05) is 7.11 Å². The number of nitrogens with zero attached hydrogens (tertiary/aromatic N) is 1. The van der Waals surface area contributed by atoms with Crippen molar-refractivity contribution in [1.82, 2.24) is 4.98 Å². The Hall–Kier alpha value is -3.05. The molecule has 11 atom stereocenters. The molecule has 5 heterocycles. The second kappa shape index (κ2) is 13.9. The van der Waals surface area contributed by atoms with Gasteiger partial charge in [0.05, 0.1) is 18.3 Å². The number of aliphatic hydroxyl groups is 1. The zero-order valence-electron chi connectivity index (χ0n) is 26.4. The molecule has 1 aromatic heterocycles. The maximum atomic E-state index is 13.3. The van der Waals surface area contributed by atoms with E-state index in [1.807, 2.05) is 64.2 Å². The van der Waals surface area contributed by atoms with E-state index in [1.54, 1.807) is 20.3 Å². The molecule has 10 nitrogen and oxygen atoms in total. The zero-order chi connectivity index (χ0) is 31.5. The van der Waals surface area contributed by atoms with Crippen molar-refractivity contribution >= 4 is 18.0 Å². The molecule has 0 spiro atoms. The average Bonchev–Trinajstić information content (AvgIpc) is 3.88. The molecule has 4 aliphatic rings. The highest BCUT2D eigenvalue weighted by Crippen LogP contribution is 2.39. The van der Waals surface area contributed by atoms with Gasteiger partial charge >= 0.3 is 11.9 Å². The van der Waals surface area contributed by atoms with Crippen LogP contribution in [-0.4, -0.2) is 78.0 Å². The SMILES string of the molecule is CO[C@@H](C(C)=CC=CC(C)=Cc1coc(C)n1)[C@@H](C)[C@@H]1C[C@H](O)C2O[C@@H]2C=C[C@@H](C)[C@H]2C[C@H](CC(=O)O2)C[C@H]2O[C@H]2C(=O)O1. The van der Waals surface area contributed by atoms with Crippen molar-refractivity contribution < 1.29 is 42.8 Å². The van der Waals surface area contributed by atoms with Crippen molar-refractivity contribution in [3.05, 3.63) is 59.4 Å². The molecule has 1 N–H and O–H groups in total. The molecular weight excluding hydrogens is 566 g/mol. The van der Waals surface area contributed by atoms with Crippen LogP contribution in [0.25, 0.3) is 6.08 Å². The smallest absolute Gasteiger partial charge is 0.338 e. The van der Waals surface area contributed by atoms with Crippen LogP contribution < -0.4 is 0 Å². The summed E-state index contributed by atoms with van der Waals surface area (Å²) >= 11 is 0. The first-order valence-electron chi connectivity index (χ1n) is 15.6. The minimum Gasteiger partial charge on any atom is -0.462 e. The summed E-state index contributed by atoms with van der Waals surface area (Å²) in [5.41, 5.74) is 2.70. The number of carbonyl (C=O) groups excluding carboxylic acids is 2. The third-order valence-corrected chi connectivity index (χ3v) is 9.05. The van der Waals surface area contributed by atoms with Crippen molar-refractivity contribution in [1.29, 1.82) is 0 Å². The quantitative estimate of drug-likeness (QED) is 0.201. The van der Waals surface area contributed by atoms with Gasteiger partial charge in [-0.3, -0.25) is 4.79 Å². The molecule has 44 heavy (non-hydrogen) atoms. The highest BCUT2D eigenvalue weighted by molar-refractivity contribution is 5.78. The molecule has 5 rings (SSSR count). The average molecular weight is 612 g/mol. The second-order valence-electron chi connectivity index (χ2n) is 12.7. The number of esters is 2. The summed E-state index contributed by atoms with van der Waals surface area (Å²) in [6.07, 6.45) is 11.4. The molecule has 4 aliphatic heterocycles. The van der Waals surface area contributed by atoms with E-state index in [0.717, 1.165) is 16.8 Å². The van der Waals surface area contributed by atoms with Gasteiger partial charge in [0.1, 0.15) is 36.4 Å². The van der Waals surface area contributed by atoms with Gasteiger partial charge in [-0.1, -0.05) is 44.2 Å². The fraction of sp³-hybridized carbons (Fsp3) is 0.618. The molecule has 1 aromatic rings. The predicted molar refractivity (Wildman–Crippen MR) is 161 cm³/mol. The van der Waals surface area contributed by atoms with Gasteiger partial charge in [0.15, 0.2) is 12.0 Å². The Morgan fingerprint density at radius 1 is 1.11 bits per heavy atom. The summed E-state index contributed by atoms with van der Waals surface area (Å²) in [5.74, 6) is -0.271. The standard InChI is InChI=1S/C34H45NO9/c1-18(12-24-17-40-22(5)35-24)8-7-9-20(3)31(39-6)21(4)28-16-25(36)32-26(42-32)11-10-19(2)27-13-23(15-30(37)41-27)14-29-33(43-29)34(38)44-28/h7-12,17,19,21,23,25-29,31-33,36H,13-16H2,1-6H3/t19-,21+,23+,25+,26-,27-,28+,29-,31+,32?,33-/m1/s1. The van der Waals surface area contributed by atoms with Gasteiger partial charge in [-0.15, -0.1) is 0 Å². The van der Waals surface area contributed by atoms with Crippen LogP contribution in [-0.2, 0) is 33.3 Å². The number of hydrogen-bond donors (Lipinski definition) is 1. The lowest BCUT2D eigenvalue weighted by Crippen LogP contribution is -2.39. The molecule has 0 aromatic carbocycles. The van der Waals surface area contributed by atoms with Gasteiger partial charge in [0.25, 0.3) is 0 Å². The first-order valence-corrected chi connectivity index (χ1v) is 15.6. The lowest BCUT2D eigenvalue weighted by atomic mass is 9.85. The van der Waals surface area contributed by atoms with Crippen LogP contribution >= 0.6 is 0 Å². The summed E-state index contributed by atoms with van der Waals surface area (Å²) < 4.78 is 34.4. The Balaban J connectivity index is 1.30. The van der Waals surface area contributed by atoms with E-state index in [4.69, 9.17) is 28.1 Å². The topological polar surface area (TPSA) is 133 Å². The first kappa shape index (κ1) is 32.3. The van der Waals surface area contributed by atoms with E-state index < -0.39 is 30.4 Å². The van der Waals surface area contributed by atoms with E-state index in [2.05, 4.69) is 4.98 Å². The normalized spacial score (nSPS) is 36.2. The number of fused-ring (bicyclic) bond motifs is 4. The van der Waals surface area contributed by atoms with E-state index in [0.29, 0.717) is 25.2 Å². The fourth-order valence-corrected chi connectivity index (χ4v) is 6.42. The molecular formula is C34H45NO9. The number of hydrogen-bond acceptors (Lipinski definition) is 10. The fourth-order valence-electron chi connectivity index (χ4n) is 6.42. The third kappa shape index (κ3) is 8.15. The van der Waals surface area contributed by atoms with Crippen LogP contribution in [0, 0.1) is 24.7 Å². The molecule has 2 bridgehead atoms.